The molecule has 0 aliphatic carbocycles. The third-order valence-electron chi connectivity index (χ3n) is 2.22. The fraction of sp³-hybridized carbons (Fsp3) is 0.100. The molecule has 0 spiro atoms. The molecule has 3 rings (SSSR count). The lowest BCUT2D eigenvalue weighted by molar-refractivity contribution is 0.870. The van der Waals surface area contributed by atoms with E-state index in [9.17, 15) is 0 Å². The van der Waals surface area contributed by atoms with Crippen LogP contribution in [-0.4, -0.2) is 19.8 Å². The monoisotopic (exact) mass is 250 g/mol. The Kier molecular flexibility index (Phi) is 2.34. The zero-order valence-electron chi connectivity index (χ0n) is 8.17. The van der Waals surface area contributed by atoms with Crippen LogP contribution in [-0.2, 0) is 5.88 Å². The Morgan fingerprint density at radius 2 is 2.19 bits per heavy atom. The molecule has 0 radical (unpaired) electrons. The van der Waals surface area contributed by atoms with Gasteiger partial charge in [-0.05, 0) is 23.6 Å². The minimum atomic E-state index is 0.308. The molecular formula is C10H7ClN4S. The van der Waals surface area contributed by atoms with Crippen LogP contribution in [0.2, 0.25) is 0 Å². The summed E-state index contributed by atoms with van der Waals surface area (Å²) >= 11 is 7.41. The average molecular weight is 251 g/mol. The Balaban J connectivity index is 2.21. The van der Waals surface area contributed by atoms with E-state index in [0.717, 1.165) is 16.2 Å². The quantitative estimate of drug-likeness (QED) is 0.657. The van der Waals surface area contributed by atoms with E-state index in [1.54, 1.807) is 15.9 Å². The summed E-state index contributed by atoms with van der Waals surface area (Å²) in [6.07, 6.45) is 0. The minimum absolute atomic E-state index is 0.308. The van der Waals surface area contributed by atoms with E-state index in [2.05, 4.69) is 15.3 Å². The zero-order valence-corrected chi connectivity index (χ0v) is 9.74. The summed E-state index contributed by atoms with van der Waals surface area (Å²) in [6.45, 7) is 0. The standard InChI is InChI=1S/C10H7ClN4S/c11-6-10-13-12-9-4-3-7(14-15(9)10)8-2-1-5-16-8/h1-5H,6H2. The molecule has 3 heterocycles. The SMILES string of the molecule is ClCc1nnc2ccc(-c3cccs3)nn12. The molecule has 0 saturated heterocycles. The predicted molar refractivity (Wildman–Crippen MR) is 63.7 cm³/mol. The molecule has 0 amide bonds. The van der Waals surface area contributed by atoms with Crippen LogP contribution in [0, 0.1) is 0 Å². The summed E-state index contributed by atoms with van der Waals surface area (Å²) in [5.74, 6) is 0.970. The van der Waals surface area contributed by atoms with E-state index >= 15 is 0 Å². The van der Waals surface area contributed by atoms with E-state index in [1.807, 2.05) is 29.6 Å². The van der Waals surface area contributed by atoms with Gasteiger partial charge in [-0.2, -0.15) is 9.61 Å². The molecule has 0 aromatic carbocycles. The van der Waals surface area contributed by atoms with Crippen LogP contribution in [0.15, 0.2) is 29.6 Å². The number of alkyl halides is 1. The summed E-state index contributed by atoms with van der Waals surface area (Å²) in [4.78, 5) is 1.12. The molecule has 3 aromatic heterocycles. The first-order chi connectivity index (χ1) is 7.88. The van der Waals surface area contributed by atoms with Crippen LogP contribution in [0.4, 0.5) is 0 Å². The Labute approximate surface area is 101 Å². The summed E-state index contributed by atoms with van der Waals surface area (Å²) in [5.41, 5.74) is 1.63. The molecule has 0 fully saturated rings. The molecule has 6 heteroatoms. The van der Waals surface area contributed by atoms with Crippen molar-refractivity contribution in [3.05, 3.63) is 35.5 Å². The summed E-state index contributed by atoms with van der Waals surface area (Å²) < 4.78 is 1.68. The summed E-state index contributed by atoms with van der Waals surface area (Å²) in [7, 11) is 0. The number of fused-ring (bicyclic) bond motifs is 1. The maximum absolute atomic E-state index is 5.76. The lowest BCUT2D eigenvalue weighted by atomic mass is 10.3. The Morgan fingerprint density at radius 3 is 2.94 bits per heavy atom. The third-order valence-corrected chi connectivity index (χ3v) is 3.35. The molecule has 0 atom stereocenters. The molecule has 0 aliphatic heterocycles. The van der Waals surface area contributed by atoms with E-state index in [1.165, 1.54) is 0 Å². The molecule has 16 heavy (non-hydrogen) atoms. The van der Waals surface area contributed by atoms with Crippen molar-refractivity contribution in [1.29, 1.82) is 0 Å². The van der Waals surface area contributed by atoms with Gasteiger partial charge in [0.25, 0.3) is 0 Å². The first kappa shape index (κ1) is 9.74. The van der Waals surface area contributed by atoms with Crippen LogP contribution in [0.3, 0.4) is 0 Å². The van der Waals surface area contributed by atoms with Gasteiger partial charge >= 0.3 is 0 Å². The van der Waals surface area contributed by atoms with Crippen LogP contribution < -0.4 is 0 Å². The van der Waals surface area contributed by atoms with Crippen molar-refractivity contribution in [3.63, 3.8) is 0 Å². The highest BCUT2D eigenvalue weighted by Gasteiger charge is 2.07. The molecule has 80 valence electrons. The third kappa shape index (κ3) is 1.48. The van der Waals surface area contributed by atoms with Gasteiger partial charge in [-0.25, -0.2) is 0 Å². The Bertz CT molecular complexity index is 617. The highest BCUT2D eigenvalue weighted by molar-refractivity contribution is 7.13. The molecule has 0 bridgehead atoms. The molecule has 4 nitrogen and oxygen atoms in total. The second-order valence-corrected chi connectivity index (χ2v) is 4.43. The Morgan fingerprint density at radius 1 is 1.25 bits per heavy atom. The number of thiophene rings is 1. The molecule has 0 saturated carbocycles. The van der Waals surface area contributed by atoms with Crippen molar-refractivity contribution < 1.29 is 0 Å². The van der Waals surface area contributed by atoms with Gasteiger partial charge < -0.3 is 0 Å². The lowest BCUT2D eigenvalue weighted by Gasteiger charge is -1.98. The molecule has 0 unspecified atom stereocenters. The lowest BCUT2D eigenvalue weighted by Crippen LogP contribution is -1.97. The normalized spacial score (nSPS) is 11.1. The average Bonchev–Trinajstić information content (AvgIpc) is 2.97. The molecule has 0 N–H and O–H groups in total. The molecular weight excluding hydrogens is 244 g/mol. The maximum Gasteiger partial charge on any atom is 0.177 e. The van der Waals surface area contributed by atoms with Gasteiger partial charge in [0.1, 0.15) is 5.69 Å². The van der Waals surface area contributed by atoms with E-state index in [0.29, 0.717) is 11.7 Å². The van der Waals surface area contributed by atoms with Crippen molar-refractivity contribution in [1.82, 2.24) is 19.8 Å². The first-order valence-corrected chi connectivity index (χ1v) is 6.11. The second kappa shape index (κ2) is 3.84. The minimum Gasteiger partial charge on any atom is -0.195 e. The van der Waals surface area contributed by atoms with Crippen molar-refractivity contribution in [2.45, 2.75) is 5.88 Å². The number of rotatable bonds is 2. The molecule has 3 aromatic rings. The van der Waals surface area contributed by atoms with Crippen LogP contribution in [0.1, 0.15) is 5.82 Å². The summed E-state index contributed by atoms with van der Waals surface area (Å²) in [6, 6.07) is 7.86. The number of aromatic nitrogens is 4. The van der Waals surface area contributed by atoms with Crippen LogP contribution in [0.5, 0.6) is 0 Å². The van der Waals surface area contributed by atoms with E-state index in [4.69, 9.17) is 11.6 Å². The van der Waals surface area contributed by atoms with Crippen molar-refractivity contribution >= 4 is 28.6 Å². The van der Waals surface area contributed by atoms with Gasteiger partial charge in [-0.3, -0.25) is 0 Å². The zero-order chi connectivity index (χ0) is 11.0. The molecule has 0 aliphatic rings. The van der Waals surface area contributed by atoms with E-state index in [-0.39, 0.29) is 0 Å². The van der Waals surface area contributed by atoms with Gasteiger partial charge in [0.05, 0.1) is 10.8 Å². The van der Waals surface area contributed by atoms with Crippen LogP contribution >= 0.6 is 22.9 Å². The number of nitrogens with zero attached hydrogens (tertiary/aromatic N) is 4. The van der Waals surface area contributed by atoms with Gasteiger partial charge in [0, 0.05) is 0 Å². The largest absolute Gasteiger partial charge is 0.195 e. The van der Waals surface area contributed by atoms with Crippen LogP contribution in [0.25, 0.3) is 16.2 Å². The first-order valence-electron chi connectivity index (χ1n) is 4.69. The highest BCUT2D eigenvalue weighted by atomic mass is 35.5. The maximum atomic E-state index is 5.76. The van der Waals surface area contributed by atoms with Gasteiger partial charge in [0.2, 0.25) is 0 Å². The van der Waals surface area contributed by atoms with Gasteiger partial charge in [-0.15, -0.1) is 33.1 Å². The summed E-state index contributed by atoms with van der Waals surface area (Å²) in [5, 5.41) is 14.4. The topological polar surface area (TPSA) is 43.1 Å². The smallest absolute Gasteiger partial charge is 0.177 e. The number of halogens is 1. The fourth-order valence-corrected chi connectivity index (χ4v) is 2.33. The Hall–Kier alpha value is -1.46. The number of hydrogen-bond acceptors (Lipinski definition) is 4. The predicted octanol–water partition coefficient (Wildman–Crippen LogP) is 2.59. The highest BCUT2D eigenvalue weighted by Crippen LogP contribution is 2.22. The van der Waals surface area contributed by atoms with Crippen molar-refractivity contribution in [3.8, 4) is 10.6 Å². The van der Waals surface area contributed by atoms with E-state index < -0.39 is 0 Å². The van der Waals surface area contributed by atoms with Gasteiger partial charge in [0.15, 0.2) is 11.5 Å². The van der Waals surface area contributed by atoms with Gasteiger partial charge in [-0.1, -0.05) is 6.07 Å². The second-order valence-electron chi connectivity index (χ2n) is 3.22. The fourth-order valence-electron chi connectivity index (χ4n) is 1.47. The van der Waals surface area contributed by atoms with Crippen molar-refractivity contribution in [2.24, 2.45) is 0 Å². The number of hydrogen-bond donors (Lipinski definition) is 0. The van der Waals surface area contributed by atoms with Crippen molar-refractivity contribution in [2.75, 3.05) is 0 Å².